The summed E-state index contributed by atoms with van der Waals surface area (Å²) in [7, 11) is 0. The molecule has 0 saturated heterocycles. The second-order valence-electron chi connectivity index (χ2n) is 17.0. The molecule has 2 nitrogen and oxygen atoms in total. The number of hydrogen-bond acceptors (Lipinski definition) is 2. The molecule has 0 saturated carbocycles. The van der Waals surface area contributed by atoms with E-state index in [1.165, 1.54) is 0 Å². The van der Waals surface area contributed by atoms with Crippen molar-refractivity contribution in [3.05, 3.63) is 283 Å². The molecule has 0 bridgehead atoms. The highest BCUT2D eigenvalue weighted by atomic mass is 16.5. The van der Waals surface area contributed by atoms with Gasteiger partial charge in [0.15, 0.2) is 0 Å². The minimum Gasteiger partial charge on any atom is -0.425 e. The summed E-state index contributed by atoms with van der Waals surface area (Å²) in [5.74, 6) is 0.107. The van der Waals surface area contributed by atoms with Crippen molar-refractivity contribution in [3.8, 4) is 5.75 Å². The molecule has 0 atom stereocenters. The van der Waals surface area contributed by atoms with E-state index in [1.807, 2.05) is 30.3 Å². The van der Waals surface area contributed by atoms with E-state index in [2.05, 4.69) is 224 Å². The molecule has 0 unspecified atom stereocenters. The number of benzene rings is 12. The molecule has 12 aromatic rings. The molecular formula is C63H42O2. The van der Waals surface area contributed by atoms with Crippen LogP contribution in [0.3, 0.4) is 0 Å². The van der Waals surface area contributed by atoms with Crippen LogP contribution in [0.5, 0.6) is 5.75 Å². The molecule has 0 aliphatic heterocycles. The predicted molar refractivity (Wildman–Crippen MR) is 270 cm³/mol. The Morgan fingerprint density at radius 1 is 0.262 bits per heavy atom. The Labute approximate surface area is 377 Å². The molecule has 0 aliphatic rings. The maximum atomic E-state index is 17.7. The van der Waals surface area contributed by atoms with Crippen LogP contribution >= 0.6 is 0 Å². The van der Waals surface area contributed by atoms with Crippen molar-refractivity contribution in [1.29, 1.82) is 0 Å². The van der Waals surface area contributed by atoms with Crippen LogP contribution in [0.15, 0.2) is 255 Å². The molecule has 0 heterocycles. The van der Waals surface area contributed by atoms with Gasteiger partial charge >= 0.3 is 5.97 Å². The van der Waals surface area contributed by atoms with Gasteiger partial charge in [-0.3, -0.25) is 4.79 Å². The van der Waals surface area contributed by atoms with Gasteiger partial charge in [0.05, 0.1) is 5.41 Å². The standard InChI is InChI=1S/C63H42O2/c64-61(65-60-42-18-30-48-24-6-12-36-54(48)60)63(58-40-16-28-46-22-4-10-34-52(46)58,59-41-17-29-47-23-5-11-35-53(47)59)62(55-37-13-25-43-19-1-7-31-49(43)55,56-38-14-26-44-20-2-8-32-50(44)56)57-39-15-27-45-21-3-9-33-51(45)57/h1-42H. The topological polar surface area (TPSA) is 26.3 Å². The van der Waals surface area contributed by atoms with Gasteiger partial charge in [0, 0.05) is 5.39 Å². The largest absolute Gasteiger partial charge is 0.425 e. The van der Waals surface area contributed by atoms with Crippen molar-refractivity contribution < 1.29 is 9.53 Å². The Morgan fingerprint density at radius 3 is 0.862 bits per heavy atom. The zero-order valence-corrected chi connectivity index (χ0v) is 35.6. The normalized spacial score (nSPS) is 12.1. The number of ether oxygens (including phenoxy) is 1. The average Bonchev–Trinajstić information content (AvgIpc) is 3.37. The Balaban J connectivity index is 1.43. The van der Waals surface area contributed by atoms with Crippen molar-refractivity contribution in [2.75, 3.05) is 0 Å². The number of carbonyl (C=O) groups is 1. The zero-order chi connectivity index (χ0) is 43.4. The molecule has 0 spiro atoms. The Kier molecular flexibility index (Phi) is 9.13. The number of carbonyl (C=O) groups excluding carboxylic acids is 1. The first-order chi connectivity index (χ1) is 32.2. The van der Waals surface area contributed by atoms with Crippen molar-refractivity contribution in [3.63, 3.8) is 0 Å². The van der Waals surface area contributed by atoms with Gasteiger partial charge in [-0.15, -0.1) is 0 Å². The van der Waals surface area contributed by atoms with Crippen molar-refractivity contribution in [1.82, 2.24) is 0 Å². The van der Waals surface area contributed by atoms with Gasteiger partial charge in [0.1, 0.15) is 11.2 Å². The maximum absolute atomic E-state index is 17.7. The maximum Gasteiger partial charge on any atom is 0.328 e. The average molecular weight is 831 g/mol. The highest BCUT2D eigenvalue weighted by Crippen LogP contribution is 2.62. The number of hydrogen-bond donors (Lipinski definition) is 0. The van der Waals surface area contributed by atoms with Gasteiger partial charge in [-0.25, -0.2) is 0 Å². The molecule has 0 aliphatic carbocycles. The summed E-state index contributed by atoms with van der Waals surface area (Å²) in [6.07, 6.45) is 0. The van der Waals surface area contributed by atoms with Gasteiger partial charge < -0.3 is 4.74 Å². The Morgan fingerprint density at radius 2 is 0.508 bits per heavy atom. The van der Waals surface area contributed by atoms with Crippen LogP contribution in [-0.2, 0) is 15.6 Å². The lowest BCUT2D eigenvalue weighted by Gasteiger charge is -2.52. The van der Waals surface area contributed by atoms with Crippen LogP contribution in [0.2, 0.25) is 0 Å². The third-order valence-electron chi connectivity index (χ3n) is 13.8. The fourth-order valence-corrected chi connectivity index (χ4v) is 11.2. The summed E-state index contributed by atoms with van der Waals surface area (Å²) >= 11 is 0. The first-order valence-corrected chi connectivity index (χ1v) is 22.3. The highest BCUT2D eigenvalue weighted by Gasteiger charge is 2.64. The van der Waals surface area contributed by atoms with Crippen LogP contribution < -0.4 is 4.74 Å². The van der Waals surface area contributed by atoms with Crippen LogP contribution in [0, 0.1) is 0 Å². The summed E-state index contributed by atoms with van der Waals surface area (Å²) in [5, 5.41) is 12.2. The second-order valence-corrected chi connectivity index (χ2v) is 17.0. The van der Waals surface area contributed by atoms with Crippen LogP contribution in [0.4, 0.5) is 0 Å². The van der Waals surface area contributed by atoms with E-state index in [0.29, 0.717) is 5.75 Å². The fraction of sp³-hybridized carbons (Fsp3) is 0.0317. The van der Waals surface area contributed by atoms with E-state index >= 15 is 4.79 Å². The lowest BCUT2D eigenvalue weighted by Crippen LogP contribution is -2.58. The van der Waals surface area contributed by atoms with Crippen LogP contribution in [-0.4, -0.2) is 5.97 Å². The number of rotatable bonds is 8. The Bertz CT molecular complexity index is 3500. The molecule has 0 N–H and O–H groups in total. The molecule has 0 radical (unpaired) electrons. The first kappa shape index (κ1) is 38.4. The van der Waals surface area contributed by atoms with E-state index < -0.39 is 16.8 Å². The predicted octanol–water partition coefficient (Wildman–Crippen LogP) is 15.5. The molecule has 0 aromatic heterocycles. The SMILES string of the molecule is O=C(Oc1cccc2ccccc12)C(c1cccc2ccccc12)(c1cccc2ccccc12)C(c1cccc2ccccc12)(c1cccc2ccccc12)c1cccc2ccccc12. The van der Waals surface area contributed by atoms with E-state index in [1.54, 1.807) is 0 Å². The van der Waals surface area contributed by atoms with E-state index in [-0.39, 0.29) is 0 Å². The lowest BCUT2D eigenvalue weighted by molar-refractivity contribution is -0.140. The third-order valence-corrected chi connectivity index (χ3v) is 13.8. The van der Waals surface area contributed by atoms with Crippen LogP contribution in [0.1, 0.15) is 27.8 Å². The first-order valence-electron chi connectivity index (χ1n) is 22.3. The van der Waals surface area contributed by atoms with Gasteiger partial charge in [-0.05, 0) is 93.1 Å². The molecule has 12 aromatic carbocycles. The molecule has 65 heavy (non-hydrogen) atoms. The summed E-state index contributed by atoms with van der Waals surface area (Å²) in [5.41, 5.74) is 1.59. The third kappa shape index (κ3) is 5.77. The molecule has 306 valence electrons. The van der Waals surface area contributed by atoms with E-state index in [4.69, 9.17) is 4.74 Å². The fourth-order valence-electron chi connectivity index (χ4n) is 11.2. The lowest BCUT2D eigenvalue weighted by atomic mass is 9.47. The molecule has 0 fully saturated rings. The van der Waals surface area contributed by atoms with E-state index in [9.17, 15) is 0 Å². The quantitative estimate of drug-likeness (QED) is 0.0866. The monoisotopic (exact) mass is 830 g/mol. The van der Waals surface area contributed by atoms with Gasteiger partial charge in [0.2, 0.25) is 0 Å². The summed E-state index contributed by atoms with van der Waals surface area (Å²) in [4.78, 5) is 17.7. The Hall–Kier alpha value is -8.33. The zero-order valence-electron chi connectivity index (χ0n) is 35.6. The van der Waals surface area contributed by atoms with Crippen molar-refractivity contribution in [2.45, 2.75) is 10.8 Å². The number of esters is 1. The highest BCUT2D eigenvalue weighted by molar-refractivity contribution is 6.09. The van der Waals surface area contributed by atoms with Gasteiger partial charge in [-0.1, -0.05) is 249 Å². The van der Waals surface area contributed by atoms with E-state index in [0.717, 1.165) is 92.5 Å². The summed E-state index contributed by atoms with van der Waals surface area (Å²) in [6, 6.07) is 89.7. The second kappa shape index (κ2) is 15.5. The molecule has 12 rings (SSSR count). The van der Waals surface area contributed by atoms with Gasteiger partial charge in [0.25, 0.3) is 0 Å². The van der Waals surface area contributed by atoms with Gasteiger partial charge in [-0.2, -0.15) is 0 Å². The van der Waals surface area contributed by atoms with Crippen LogP contribution in [0.25, 0.3) is 64.6 Å². The molecule has 2 heteroatoms. The summed E-state index contributed by atoms with van der Waals surface area (Å²) in [6.45, 7) is 0. The van der Waals surface area contributed by atoms with Crippen molar-refractivity contribution >= 4 is 70.6 Å². The number of fused-ring (bicyclic) bond motifs is 6. The van der Waals surface area contributed by atoms with Crippen molar-refractivity contribution in [2.24, 2.45) is 0 Å². The minimum absolute atomic E-state index is 0.393. The molecular weight excluding hydrogens is 789 g/mol. The molecule has 0 amide bonds. The minimum atomic E-state index is -1.68. The summed E-state index contributed by atoms with van der Waals surface area (Å²) < 4.78 is 7.37. The smallest absolute Gasteiger partial charge is 0.328 e.